The molecule has 4 rings (SSSR count). The quantitative estimate of drug-likeness (QED) is 0.321. The molecule has 188 valence electrons. The van der Waals surface area contributed by atoms with Crippen LogP contribution in [0.25, 0.3) is 5.57 Å². The maximum atomic E-state index is 15.0. The molecule has 2 N–H and O–H groups in total. The highest BCUT2D eigenvalue weighted by Crippen LogP contribution is 2.39. The number of carbonyl (C=O) groups is 2. The molecule has 14 heteroatoms. The lowest BCUT2D eigenvalue weighted by molar-refractivity contribution is -0.135. The van der Waals surface area contributed by atoms with E-state index >= 15 is 0 Å². The van der Waals surface area contributed by atoms with Gasteiger partial charge in [-0.1, -0.05) is 23.3 Å². The largest absolute Gasteiger partial charge is 0.404 e. The van der Waals surface area contributed by atoms with Gasteiger partial charge >= 0.3 is 12.2 Å². The third-order valence-corrected chi connectivity index (χ3v) is 6.11. The van der Waals surface area contributed by atoms with Crippen molar-refractivity contribution in [2.24, 2.45) is 0 Å². The number of carbonyl (C=O) groups excluding carboxylic acids is 2. The van der Waals surface area contributed by atoms with Gasteiger partial charge in [0.25, 0.3) is 0 Å². The highest BCUT2D eigenvalue weighted by Gasteiger charge is 2.36. The summed E-state index contributed by atoms with van der Waals surface area (Å²) in [6.45, 7) is 4.03. The molecule has 8 nitrogen and oxygen atoms in total. The fraction of sp³-hybridized carbons (Fsp3) is 0.429. The fourth-order valence-electron chi connectivity index (χ4n) is 3.88. The van der Waals surface area contributed by atoms with E-state index in [-0.39, 0.29) is 66.6 Å². The van der Waals surface area contributed by atoms with Crippen LogP contribution in [0, 0.1) is 11.6 Å². The van der Waals surface area contributed by atoms with Gasteiger partial charge in [0.05, 0.1) is 17.6 Å². The van der Waals surface area contributed by atoms with Crippen molar-refractivity contribution in [3.05, 3.63) is 40.8 Å². The average Bonchev–Trinajstić information content (AvgIpc) is 3.21. The van der Waals surface area contributed by atoms with Crippen molar-refractivity contribution in [3.8, 4) is 0 Å². The fourth-order valence-corrected chi connectivity index (χ4v) is 4.16. The van der Waals surface area contributed by atoms with Crippen molar-refractivity contribution in [3.63, 3.8) is 0 Å². The Morgan fingerprint density at radius 2 is 2.00 bits per heavy atom. The highest BCUT2D eigenvalue weighted by molar-refractivity contribution is 6.33. The monoisotopic (exact) mass is 519 g/mol. The molecule has 0 aliphatic carbocycles. The Morgan fingerprint density at radius 3 is 2.66 bits per heavy atom. The summed E-state index contributed by atoms with van der Waals surface area (Å²) < 4.78 is 72.1. The van der Waals surface area contributed by atoms with E-state index in [1.807, 2.05) is 0 Å². The summed E-state index contributed by atoms with van der Waals surface area (Å²) in [6.07, 6.45) is -5.85. The maximum Gasteiger partial charge on any atom is 0.389 e. The van der Waals surface area contributed by atoms with Crippen LogP contribution in [-0.2, 0) is 9.59 Å². The van der Waals surface area contributed by atoms with Gasteiger partial charge in [-0.3, -0.25) is 14.9 Å². The molecule has 2 aliphatic heterocycles. The molecule has 0 radical (unpaired) electrons. The molecular formula is C21H19ClF5N5O3. The molecule has 2 fully saturated rings. The van der Waals surface area contributed by atoms with Gasteiger partial charge in [0.15, 0.2) is 5.82 Å². The van der Waals surface area contributed by atoms with Gasteiger partial charge in [-0.05, 0) is 18.9 Å². The number of allylic oxidation sites excluding steroid dienone is 1. The number of hydrogen-bond donors (Lipinski definition) is 2. The standard InChI is InChI=1S/C21H19ClF5N5O3/c1-9(4-5-21(25,26)27)19-30-31-20(35-19)28-10-7-32(8-10)13-6-12(23)15(17(24)16(13)22)11-2-3-14(33)29-18(11)34/h6,10-11H,1-5,7-8H2,(H,28,31)(H,29,33,34). The molecule has 2 aromatic rings. The topological polar surface area (TPSA) is 100 Å². The average molecular weight is 520 g/mol. The van der Waals surface area contributed by atoms with Crippen LogP contribution < -0.4 is 15.5 Å². The third kappa shape index (κ3) is 5.39. The molecule has 2 saturated heterocycles. The van der Waals surface area contributed by atoms with E-state index in [1.165, 1.54) is 0 Å². The van der Waals surface area contributed by atoms with E-state index < -0.39 is 47.5 Å². The lowest BCUT2D eigenvalue weighted by atomic mass is 9.89. The molecule has 1 aromatic carbocycles. The number of piperidine rings is 1. The van der Waals surface area contributed by atoms with E-state index in [1.54, 1.807) is 4.90 Å². The minimum absolute atomic E-state index is 0.0291. The van der Waals surface area contributed by atoms with Crippen LogP contribution in [0.4, 0.5) is 33.7 Å². The van der Waals surface area contributed by atoms with Gasteiger partial charge in [-0.15, -0.1) is 5.10 Å². The van der Waals surface area contributed by atoms with Gasteiger partial charge in [0.1, 0.15) is 10.8 Å². The Morgan fingerprint density at radius 1 is 1.29 bits per heavy atom. The number of imide groups is 1. The molecule has 0 bridgehead atoms. The van der Waals surface area contributed by atoms with Gasteiger partial charge in [0.2, 0.25) is 17.7 Å². The van der Waals surface area contributed by atoms with Crippen LogP contribution in [-0.4, -0.2) is 47.3 Å². The molecule has 3 heterocycles. The van der Waals surface area contributed by atoms with Crippen LogP contribution in [0.5, 0.6) is 0 Å². The minimum Gasteiger partial charge on any atom is -0.404 e. The zero-order valence-electron chi connectivity index (χ0n) is 18.0. The molecule has 0 spiro atoms. The summed E-state index contributed by atoms with van der Waals surface area (Å²) in [7, 11) is 0. The maximum absolute atomic E-state index is 15.0. The van der Waals surface area contributed by atoms with Crippen LogP contribution >= 0.6 is 11.6 Å². The predicted octanol–water partition coefficient (Wildman–Crippen LogP) is 4.18. The number of aromatic nitrogens is 2. The summed E-state index contributed by atoms with van der Waals surface area (Å²) in [5.74, 6) is -4.59. The zero-order valence-corrected chi connectivity index (χ0v) is 18.8. The first-order valence-electron chi connectivity index (χ1n) is 10.5. The smallest absolute Gasteiger partial charge is 0.389 e. The Kier molecular flexibility index (Phi) is 6.71. The van der Waals surface area contributed by atoms with Crippen molar-refractivity contribution in [2.45, 2.75) is 43.8 Å². The Bertz CT molecular complexity index is 1180. The second-order valence-electron chi connectivity index (χ2n) is 8.30. The summed E-state index contributed by atoms with van der Waals surface area (Å²) in [6, 6.07) is 0.731. The summed E-state index contributed by atoms with van der Waals surface area (Å²) in [5.41, 5.74) is -0.349. The SMILES string of the molecule is C=C(CCC(F)(F)F)c1nnc(NC2CN(c3cc(F)c(C4CCC(=O)NC4=O)c(F)c3Cl)C2)o1. The molecule has 2 aliphatic rings. The molecule has 2 amide bonds. The number of benzene rings is 1. The lowest BCUT2D eigenvalue weighted by Crippen LogP contribution is -2.55. The summed E-state index contributed by atoms with van der Waals surface area (Å²) in [4.78, 5) is 24.9. The third-order valence-electron chi connectivity index (χ3n) is 5.75. The normalized spacial score (nSPS) is 18.9. The van der Waals surface area contributed by atoms with E-state index in [2.05, 4.69) is 27.4 Å². The molecule has 0 saturated carbocycles. The zero-order chi connectivity index (χ0) is 25.5. The van der Waals surface area contributed by atoms with Gasteiger partial charge in [-0.2, -0.15) is 13.2 Å². The van der Waals surface area contributed by atoms with E-state index in [4.69, 9.17) is 16.0 Å². The first kappa shape index (κ1) is 24.9. The molecule has 35 heavy (non-hydrogen) atoms. The second kappa shape index (κ2) is 9.44. The van der Waals surface area contributed by atoms with Crippen molar-refractivity contribution < 1.29 is 36.0 Å². The number of nitrogens with zero attached hydrogens (tertiary/aromatic N) is 3. The predicted molar refractivity (Wildman–Crippen MR) is 115 cm³/mol. The molecular weight excluding hydrogens is 501 g/mol. The second-order valence-corrected chi connectivity index (χ2v) is 8.68. The van der Waals surface area contributed by atoms with Gasteiger partial charge in [-0.25, -0.2) is 8.78 Å². The molecule has 1 aromatic heterocycles. The number of anilines is 2. The van der Waals surface area contributed by atoms with Crippen LogP contribution in [0.3, 0.4) is 0 Å². The van der Waals surface area contributed by atoms with Crippen molar-refractivity contribution >= 4 is 40.7 Å². The van der Waals surface area contributed by atoms with E-state index in [0.717, 1.165) is 6.07 Å². The number of nitrogens with one attached hydrogen (secondary N) is 2. The van der Waals surface area contributed by atoms with E-state index in [9.17, 15) is 31.5 Å². The van der Waals surface area contributed by atoms with Gasteiger partial charge in [0, 0.05) is 37.1 Å². The van der Waals surface area contributed by atoms with Crippen molar-refractivity contribution in [1.29, 1.82) is 0 Å². The highest BCUT2D eigenvalue weighted by atomic mass is 35.5. The lowest BCUT2D eigenvalue weighted by Gasteiger charge is -2.41. The Balaban J connectivity index is 1.38. The van der Waals surface area contributed by atoms with E-state index in [0.29, 0.717) is 0 Å². The van der Waals surface area contributed by atoms with Crippen LogP contribution in [0.15, 0.2) is 17.1 Å². The first-order valence-corrected chi connectivity index (χ1v) is 10.9. The van der Waals surface area contributed by atoms with Gasteiger partial charge < -0.3 is 14.6 Å². The first-order chi connectivity index (χ1) is 16.4. The van der Waals surface area contributed by atoms with Crippen LogP contribution in [0.1, 0.15) is 43.1 Å². The Hall–Kier alpha value is -3.22. The number of halogens is 6. The summed E-state index contributed by atoms with van der Waals surface area (Å²) in [5, 5.41) is 12.0. The van der Waals surface area contributed by atoms with Crippen LogP contribution in [0.2, 0.25) is 5.02 Å². The number of amides is 2. The van der Waals surface area contributed by atoms with Crippen molar-refractivity contribution in [2.75, 3.05) is 23.3 Å². The number of alkyl halides is 3. The molecule has 1 atom stereocenters. The van der Waals surface area contributed by atoms with Crippen molar-refractivity contribution in [1.82, 2.24) is 15.5 Å². The Labute approximate surface area is 200 Å². The molecule has 1 unspecified atom stereocenters. The number of hydrogen-bond acceptors (Lipinski definition) is 7. The summed E-state index contributed by atoms with van der Waals surface area (Å²) >= 11 is 6.15. The minimum atomic E-state index is -4.33. The number of rotatable bonds is 7.